The predicted molar refractivity (Wildman–Crippen MR) is 56.0 cm³/mol. The predicted octanol–water partition coefficient (Wildman–Crippen LogP) is 2.46. The number of hydrogen-bond donors (Lipinski definition) is 1. The average Bonchev–Trinajstić information content (AvgIpc) is 2.52. The molecule has 0 spiro atoms. The topological polar surface area (TPSA) is 12.0 Å². The van der Waals surface area contributed by atoms with Crippen molar-refractivity contribution in [3.8, 4) is 0 Å². The highest BCUT2D eigenvalue weighted by molar-refractivity contribution is 5.31. The second-order valence-electron chi connectivity index (χ2n) is 3.99. The lowest BCUT2D eigenvalue weighted by Gasteiger charge is -2.17. The number of nitrogens with one attached hydrogen (secondary N) is 1. The van der Waals surface area contributed by atoms with Gasteiger partial charge >= 0.3 is 0 Å². The molecular formula is C12H17N. The maximum atomic E-state index is 3.50. The van der Waals surface area contributed by atoms with Gasteiger partial charge < -0.3 is 5.32 Å². The van der Waals surface area contributed by atoms with Crippen molar-refractivity contribution in [2.75, 3.05) is 6.54 Å². The fourth-order valence-electron chi connectivity index (χ4n) is 2.29. The van der Waals surface area contributed by atoms with Gasteiger partial charge in [-0.25, -0.2) is 0 Å². The van der Waals surface area contributed by atoms with E-state index in [2.05, 4.69) is 43.4 Å². The van der Waals surface area contributed by atoms with Gasteiger partial charge in [-0.3, -0.25) is 0 Å². The van der Waals surface area contributed by atoms with Crippen LogP contribution in [-0.2, 0) is 0 Å². The Balaban J connectivity index is 2.29. The van der Waals surface area contributed by atoms with Crippen molar-refractivity contribution >= 4 is 0 Å². The second-order valence-corrected chi connectivity index (χ2v) is 3.99. The van der Waals surface area contributed by atoms with E-state index in [4.69, 9.17) is 0 Å². The quantitative estimate of drug-likeness (QED) is 0.691. The first-order valence-electron chi connectivity index (χ1n) is 5.08. The molecule has 2 atom stereocenters. The van der Waals surface area contributed by atoms with Crippen LogP contribution in [0.5, 0.6) is 0 Å². The Morgan fingerprint density at radius 1 is 1.31 bits per heavy atom. The molecule has 1 saturated heterocycles. The summed E-state index contributed by atoms with van der Waals surface area (Å²) < 4.78 is 0. The third kappa shape index (κ3) is 1.61. The molecule has 2 rings (SSSR count). The molecule has 70 valence electrons. The normalized spacial score (nSPS) is 27.8. The van der Waals surface area contributed by atoms with E-state index in [1.807, 2.05) is 0 Å². The molecule has 0 radical (unpaired) electrons. The van der Waals surface area contributed by atoms with Gasteiger partial charge in [-0.15, -0.1) is 0 Å². The molecule has 0 saturated carbocycles. The molecule has 1 heterocycles. The maximum Gasteiger partial charge on any atom is 0.0108 e. The zero-order valence-electron chi connectivity index (χ0n) is 8.38. The smallest absolute Gasteiger partial charge is 0.0108 e. The summed E-state index contributed by atoms with van der Waals surface area (Å²) in [5.74, 6) is 0.723. The Hall–Kier alpha value is -0.820. The van der Waals surface area contributed by atoms with Crippen LogP contribution in [0, 0.1) is 6.92 Å². The van der Waals surface area contributed by atoms with Gasteiger partial charge in [-0.2, -0.15) is 0 Å². The van der Waals surface area contributed by atoms with Crippen LogP contribution in [0.3, 0.4) is 0 Å². The molecule has 1 aromatic carbocycles. The zero-order valence-corrected chi connectivity index (χ0v) is 8.38. The minimum Gasteiger partial charge on any atom is -0.314 e. The van der Waals surface area contributed by atoms with Crippen LogP contribution < -0.4 is 5.32 Å². The number of benzene rings is 1. The van der Waals surface area contributed by atoms with E-state index in [0.717, 1.165) is 5.92 Å². The van der Waals surface area contributed by atoms with Crippen molar-refractivity contribution < 1.29 is 0 Å². The Bertz CT molecular complexity index is 293. The summed E-state index contributed by atoms with van der Waals surface area (Å²) in [5, 5.41) is 3.50. The summed E-state index contributed by atoms with van der Waals surface area (Å²) in [4.78, 5) is 0. The van der Waals surface area contributed by atoms with Crippen LogP contribution in [0.15, 0.2) is 24.3 Å². The molecule has 0 amide bonds. The average molecular weight is 175 g/mol. The van der Waals surface area contributed by atoms with Crippen molar-refractivity contribution in [3.63, 3.8) is 0 Å². The zero-order chi connectivity index (χ0) is 9.26. The molecule has 13 heavy (non-hydrogen) atoms. The van der Waals surface area contributed by atoms with Gasteiger partial charge in [0.2, 0.25) is 0 Å². The van der Waals surface area contributed by atoms with Gasteiger partial charge in [-0.1, -0.05) is 24.3 Å². The monoisotopic (exact) mass is 175 g/mol. The third-order valence-electron chi connectivity index (χ3n) is 3.11. The highest BCUT2D eigenvalue weighted by atomic mass is 14.9. The van der Waals surface area contributed by atoms with Crippen molar-refractivity contribution in [2.45, 2.75) is 32.2 Å². The number of hydrogen-bond acceptors (Lipinski definition) is 1. The first-order chi connectivity index (χ1) is 6.29. The van der Waals surface area contributed by atoms with E-state index < -0.39 is 0 Å². The van der Waals surface area contributed by atoms with Crippen LogP contribution in [-0.4, -0.2) is 12.6 Å². The fraction of sp³-hybridized carbons (Fsp3) is 0.500. The summed E-state index contributed by atoms with van der Waals surface area (Å²) in [6.45, 7) is 5.66. The Morgan fingerprint density at radius 2 is 2.08 bits per heavy atom. The summed E-state index contributed by atoms with van der Waals surface area (Å²) in [6.07, 6.45) is 1.28. The Morgan fingerprint density at radius 3 is 2.69 bits per heavy atom. The minimum absolute atomic E-state index is 0.640. The van der Waals surface area contributed by atoms with Crippen LogP contribution in [0.25, 0.3) is 0 Å². The summed E-state index contributed by atoms with van der Waals surface area (Å²) in [7, 11) is 0. The van der Waals surface area contributed by atoms with Crippen molar-refractivity contribution in [2.24, 2.45) is 0 Å². The van der Waals surface area contributed by atoms with E-state index in [0.29, 0.717) is 6.04 Å². The molecule has 1 aromatic rings. The van der Waals surface area contributed by atoms with Crippen molar-refractivity contribution in [1.82, 2.24) is 5.32 Å². The lowest BCUT2D eigenvalue weighted by molar-refractivity contribution is 0.592. The van der Waals surface area contributed by atoms with Crippen LogP contribution in [0.4, 0.5) is 0 Å². The SMILES string of the molecule is Cc1ccccc1C1CCNC1C. The van der Waals surface area contributed by atoms with Crippen LogP contribution in [0.2, 0.25) is 0 Å². The molecule has 0 aromatic heterocycles. The van der Waals surface area contributed by atoms with E-state index in [1.54, 1.807) is 0 Å². The van der Waals surface area contributed by atoms with Gasteiger partial charge in [0, 0.05) is 12.0 Å². The molecule has 1 nitrogen and oxygen atoms in total. The highest BCUT2D eigenvalue weighted by Gasteiger charge is 2.24. The molecule has 1 N–H and O–H groups in total. The lowest BCUT2D eigenvalue weighted by Crippen LogP contribution is -2.21. The molecular weight excluding hydrogens is 158 g/mol. The molecule has 1 aliphatic rings. The molecule has 1 aliphatic heterocycles. The fourth-order valence-corrected chi connectivity index (χ4v) is 2.29. The van der Waals surface area contributed by atoms with Gasteiger partial charge in [0.25, 0.3) is 0 Å². The van der Waals surface area contributed by atoms with Gasteiger partial charge in [0.1, 0.15) is 0 Å². The maximum absolute atomic E-state index is 3.50. The highest BCUT2D eigenvalue weighted by Crippen LogP contribution is 2.29. The first kappa shape index (κ1) is 8.76. The molecule has 0 aliphatic carbocycles. The second kappa shape index (κ2) is 3.51. The number of aryl methyl sites for hydroxylation is 1. The van der Waals surface area contributed by atoms with E-state index in [-0.39, 0.29) is 0 Å². The minimum atomic E-state index is 0.640. The van der Waals surface area contributed by atoms with E-state index in [1.165, 1.54) is 24.1 Å². The summed E-state index contributed by atoms with van der Waals surface area (Å²) in [6, 6.07) is 9.38. The number of rotatable bonds is 1. The van der Waals surface area contributed by atoms with Gasteiger partial charge in [0.15, 0.2) is 0 Å². The summed E-state index contributed by atoms with van der Waals surface area (Å²) in [5.41, 5.74) is 2.96. The largest absolute Gasteiger partial charge is 0.314 e. The molecule has 1 heteroatoms. The lowest BCUT2D eigenvalue weighted by atomic mass is 9.90. The van der Waals surface area contributed by atoms with Crippen molar-refractivity contribution in [1.29, 1.82) is 0 Å². The van der Waals surface area contributed by atoms with Gasteiger partial charge in [-0.05, 0) is 37.9 Å². The Kier molecular flexibility index (Phi) is 2.36. The van der Waals surface area contributed by atoms with E-state index in [9.17, 15) is 0 Å². The molecule has 1 fully saturated rings. The molecule has 2 unspecified atom stereocenters. The van der Waals surface area contributed by atoms with Crippen LogP contribution >= 0.6 is 0 Å². The van der Waals surface area contributed by atoms with Crippen LogP contribution in [0.1, 0.15) is 30.4 Å². The first-order valence-corrected chi connectivity index (χ1v) is 5.08. The summed E-state index contributed by atoms with van der Waals surface area (Å²) >= 11 is 0. The molecule has 0 bridgehead atoms. The van der Waals surface area contributed by atoms with Gasteiger partial charge in [0.05, 0.1) is 0 Å². The third-order valence-corrected chi connectivity index (χ3v) is 3.11. The van der Waals surface area contributed by atoms with E-state index >= 15 is 0 Å². The standard InChI is InChI=1S/C12H17N/c1-9-5-3-4-6-11(9)12-7-8-13-10(12)2/h3-6,10,12-13H,7-8H2,1-2H3. The Labute approximate surface area is 80.2 Å². The van der Waals surface area contributed by atoms with Crippen molar-refractivity contribution in [3.05, 3.63) is 35.4 Å².